The molecule has 0 aromatic heterocycles. The maximum Gasteiger partial charge on any atom is 0.222 e. The summed E-state index contributed by atoms with van der Waals surface area (Å²) in [6, 6.07) is 11.2. The molecule has 1 aromatic carbocycles. The first kappa shape index (κ1) is 17.8. The van der Waals surface area contributed by atoms with Crippen LogP contribution in [0.15, 0.2) is 30.3 Å². The van der Waals surface area contributed by atoms with Crippen LogP contribution in [-0.2, 0) is 4.79 Å². The normalized spacial score (nSPS) is 21.8. The Morgan fingerprint density at radius 3 is 2.60 bits per heavy atom. The Labute approximate surface area is 151 Å². The van der Waals surface area contributed by atoms with Crippen LogP contribution in [-0.4, -0.2) is 61.0 Å². The number of benzene rings is 1. The van der Waals surface area contributed by atoms with Gasteiger partial charge in [0, 0.05) is 63.8 Å². The molecule has 1 aromatic rings. The predicted octanol–water partition coefficient (Wildman–Crippen LogP) is 2.60. The van der Waals surface area contributed by atoms with E-state index in [1.165, 1.54) is 12.1 Å². The third-order valence-corrected chi connectivity index (χ3v) is 5.41. The predicted molar refractivity (Wildman–Crippen MR) is 103 cm³/mol. The highest BCUT2D eigenvalue weighted by Gasteiger charge is 2.29. The summed E-state index contributed by atoms with van der Waals surface area (Å²) in [6.45, 7) is 6.10. The van der Waals surface area contributed by atoms with Gasteiger partial charge in [0.25, 0.3) is 0 Å². The average molecular weight is 339 g/mol. The van der Waals surface area contributed by atoms with Crippen molar-refractivity contribution >= 4 is 11.6 Å². The van der Waals surface area contributed by atoms with Crippen LogP contribution in [0, 0.1) is 12.3 Å². The fourth-order valence-corrected chi connectivity index (χ4v) is 3.96. The second kappa shape index (κ2) is 8.92. The van der Waals surface area contributed by atoms with Gasteiger partial charge in [-0.25, -0.2) is 0 Å². The number of amides is 1. The summed E-state index contributed by atoms with van der Waals surface area (Å²) < 4.78 is 0. The van der Waals surface area contributed by atoms with Gasteiger partial charge >= 0.3 is 0 Å². The molecule has 2 aliphatic heterocycles. The van der Waals surface area contributed by atoms with Crippen molar-refractivity contribution in [3.05, 3.63) is 30.3 Å². The monoisotopic (exact) mass is 339 g/mol. The number of piperidine rings is 1. The van der Waals surface area contributed by atoms with E-state index in [4.69, 9.17) is 6.42 Å². The lowest BCUT2D eigenvalue weighted by Crippen LogP contribution is -2.55. The number of likely N-dealkylation sites (tertiary alicyclic amines) is 1. The Morgan fingerprint density at radius 1 is 1.12 bits per heavy atom. The first-order valence-corrected chi connectivity index (χ1v) is 9.53. The van der Waals surface area contributed by atoms with Crippen molar-refractivity contribution in [3.8, 4) is 12.3 Å². The summed E-state index contributed by atoms with van der Waals surface area (Å²) in [4.78, 5) is 19.5. The minimum Gasteiger partial charge on any atom is -0.369 e. The van der Waals surface area contributed by atoms with Gasteiger partial charge in [-0.15, -0.1) is 12.3 Å². The minimum atomic E-state index is 0.280. The highest BCUT2D eigenvalue weighted by molar-refractivity contribution is 5.76. The van der Waals surface area contributed by atoms with Gasteiger partial charge in [0.2, 0.25) is 5.91 Å². The van der Waals surface area contributed by atoms with E-state index in [2.05, 4.69) is 51.0 Å². The van der Waals surface area contributed by atoms with Gasteiger partial charge < -0.3 is 9.80 Å². The van der Waals surface area contributed by atoms with Crippen molar-refractivity contribution in [2.75, 3.05) is 44.2 Å². The van der Waals surface area contributed by atoms with E-state index in [1.54, 1.807) is 0 Å². The number of piperazine rings is 1. The molecule has 1 unspecified atom stereocenters. The molecule has 4 heteroatoms. The Bertz CT molecular complexity index is 587. The van der Waals surface area contributed by atoms with Crippen LogP contribution in [0.3, 0.4) is 0 Å². The lowest BCUT2D eigenvalue weighted by Gasteiger charge is -2.44. The third kappa shape index (κ3) is 4.76. The molecule has 2 fully saturated rings. The number of para-hydroxylation sites is 1. The molecular weight excluding hydrogens is 310 g/mol. The van der Waals surface area contributed by atoms with E-state index in [0.717, 1.165) is 52.1 Å². The van der Waals surface area contributed by atoms with Crippen LogP contribution in [0.2, 0.25) is 0 Å². The molecule has 0 aliphatic carbocycles. The van der Waals surface area contributed by atoms with Crippen LogP contribution in [0.25, 0.3) is 0 Å². The summed E-state index contributed by atoms with van der Waals surface area (Å²) in [5.74, 6) is 2.90. The maximum atomic E-state index is 12.4. The molecule has 2 saturated heterocycles. The topological polar surface area (TPSA) is 26.8 Å². The summed E-state index contributed by atoms with van der Waals surface area (Å²) in [7, 11) is 0. The SMILES string of the molecule is C#CCCCC(=O)N1CCCC(N2CCN(c3ccccc3)CC2)C1. The second-order valence-electron chi connectivity index (χ2n) is 7.05. The number of carbonyl (C=O) groups is 1. The van der Waals surface area contributed by atoms with Gasteiger partial charge in [0.1, 0.15) is 0 Å². The van der Waals surface area contributed by atoms with Gasteiger partial charge in [-0.2, -0.15) is 0 Å². The van der Waals surface area contributed by atoms with Crippen molar-refractivity contribution in [1.82, 2.24) is 9.80 Å². The maximum absolute atomic E-state index is 12.4. The Morgan fingerprint density at radius 2 is 1.88 bits per heavy atom. The van der Waals surface area contributed by atoms with Gasteiger partial charge in [0.05, 0.1) is 0 Å². The number of rotatable bonds is 5. The van der Waals surface area contributed by atoms with Crippen LogP contribution in [0.1, 0.15) is 32.1 Å². The third-order valence-electron chi connectivity index (χ3n) is 5.41. The molecular formula is C21H29N3O. The largest absolute Gasteiger partial charge is 0.369 e. The standard InChI is InChI=1S/C21H29N3O/c1-2-3-5-12-21(25)24-13-8-11-20(18-24)23-16-14-22(15-17-23)19-9-6-4-7-10-19/h1,4,6-7,9-10,20H,3,5,8,11-18H2. The lowest BCUT2D eigenvalue weighted by atomic mass is 10.0. The molecule has 2 aliphatic rings. The molecule has 134 valence electrons. The van der Waals surface area contributed by atoms with E-state index in [9.17, 15) is 4.79 Å². The zero-order valence-electron chi connectivity index (χ0n) is 15.1. The van der Waals surface area contributed by atoms with Crippen molar-refractivity contribution in [2.24, 2.45) is 0 Å². The number of anilines is 1. The molecule has 2 heterocycles. The summed E-state index contributed by atoms with van der Waals surface area (Å²) in [5.41, 5.74) is 1.32. The van der Waals surface area contributed by atoms with Gasteiger partial charge in [-0.05, 0) is 31.4 Å². The summed E-state index contributed by atoms with van der Waals surface area (Å²) in [6.07, 6.45) is 9.71. The number of unbranched alkanes of at least 4 members (excludes halogenated alkanes) is 1. The van der Waals surface area contributed by atoms with E-state index < -0.39 is 0 Å². The minimum absolute atomic E-state index is 0.280. The molecule has 4 nitrogen and oxygen atoms in total. The Balaban J connectivity index is 1.48. The first-order valence-electron chi connectivity index (χ1n) is 9.53. The van der Waals surface area contributed by atoms with E-state index in [1.807, 2.05) is 0 Å². The van der Waals surface area contributed by atoms with Crippen LogP contribution < -0.4 is 4.90 Å². The number of nitrogens with zero attached hydrogens (tertiary/aromatic N) is 3. The highest BCUT2D eigenvalue weighted by atomic mass is 16.2. The van der Waals surface area contributed by atoms with E-state index in [0.29, 0.717) is 18.9 Å². The number of terminal acetylenes is 1. The van der Waals surface area contributed by atoms with Crippen LogP contribution in [0.4, 0.5) is 5.69 Å². The summed E-state index contributed by atoms with van der Waals surface area (Å²) >= 11 is 0. The van der Waals surface area contributed by atoms with Crippen LogP contribution >= 0.6 is 0 Å². The Hall–Kier alpha value is -1.99. The van der Waals surface area contributed by atoms with Gasteiger partial charge in [0.15, 0.2) is 0 Å². The average Bonchev–Trinajstić information content (AvgIpc) is 2.69. The van der Waals surface area contributed by atoms with Crippen molar-refractivity contribution < 1.29 is 4.79 Å². The second-order valence-corrected chi connectivity index (χ2v) is 7.05. The molecule has 0 bridgehead atoms. The van der Waals surface area contributed by atoms with E-state index >= 15 is 0 Å². The van der Waals surface area contributed by atoms with Crippen molar-refractivity contribution in [1.29, 1.82) is 0 Å². The molecule has 0 radical (unpaired) electrons. The lowest BCUT2D eigenvalue weighted by molar-refractivity contribution is -0.133. The van der Waals surface area contributed by atoms with E-state index in [-0.39, 0.29) is 5.91 Å². The first-order chi connectivity index (χ1) is 12.3. The van der Waals surface area contributed by atoms with Crippen molar-refractivity contribution in [2.45, 2.75) is 38.1 Å². The van der Waals surface area contributed by atoms with Gasteiger partial charge in [-0.3, -0.25) is 9.69 Å². The molecule has 1 amide bonds. The van der Waals surface area contributed by atoms with Crippen LogP contribution in [0.5, 0.6) is 0 Å². The zero-order chi connectivity index (χ0) is 17.5. The smallest absolute Gasteiger partial charge is 0.222 e. The Kier molecular flexibility index (Phi) is 6.36. The number of carbonyl (C=O) groups excluding carboxylic acids is 1. The molecule has 0 spiro atoms. The molecule has 0 saturated carbocycles. The molecule has 0 N–H and O–H groups in total. The number of hydrogen-bond acceptors (Lipinski definition) is 3. The number of hydrogen-bond donors (Lipinski definition) is 0. The van der Waals surface area contributed by atoms with Crippen molar-refractivity contribution in [3.63, 3.8) is 0 Å². The van der Waals surface area contributed by atoms with Gasteiger partial charge in [-0.1, -0.05) is 18.2 Å². The summed E-state index contributed by atoms with van der Waals surface area (Å²) in [5, 5.41) is 0. The molecule has 3 rings (SSSR count). The molecule has 25 heavy (non-hydrogen) atoms. The fourth-order valence-electron chi connectivity index (χ4n) is 3.96. The fraction of sp³-hybridized carbons (Fsp3) is 0.571. The highest BCUT2D eigenvalue weighted by Crippen LogP contribution is 2.21. The zero-order valence-corrected chi connectivity index (χ0v) is 15.1. The molecule has 1 atom stereocenters. The quantitative estimate of drug-likeness (QED) is 0.609.